The van der Waals surface area contributed by atoms with Crippen LogP contribution >= 0.6 is 0 Å². The lowest BCUT2D eigenvalue weighted by Gasteiger charge is -2.18. The Labute approximate surface area is 112 Å². The third kappa shape index (κ3) is 3.70. The largest absolute Gasteiger partial charge is 0.473 e. The summed E-state index contributed by atoms with van der Waals surface area (Å²) in [6.07, 6.45) is -0.359. The number of nitrogens with one attached hydrogen (secondary N) is 1. The molecular formula is C14H16N2O3. The Morgan fingerprint density at radius 2 is 1.95 bits per heavy atom. The molecule has 2 rings (SSSR count). The second-order valence-corrected chi connectivity index (χ2v) is 5.35. The van der Waals surface area contributed by atoms with E-state index in [4.69, 9.17) is 14.7 Å². The average Bonchev–Trinajstić information content (AvgIpc) is 3.07. The molecule has 100 valence electrons. The molecule has 2 unspecified atom stereocenters. The Morgan fingerprint density at radius 3 is 2.47 bits per heavy atom. The summed E-state index contributed by atoms with van der Waals surface area (Å²) in [5, 5.41) is 11.6. The number of hydrogen-bond donors (Lipinski definition) is 1. The lowest BCUT2D eigenvalue weighted by molar-refractivity contribution is -0.154. The molecule has 1 aromatic carbocycles. The van der Waals surface area contributed by atoms with E-state index < -0.39 is 11.6 Å². The van der Waals surface area contributed by atoms with Crippen molar-refractivity contribution in [1.29, 1.82) is 5.26 Å². The number of rotatable bonds is 3. The van der Waals surface area contributed by atoms with Crippen molar-refractivity contribution >= 4 is 5.97 Å². The monoisotopic (exact) mass is 260 g/mol. The molecule has 5 nitrogen and oxygen atoms in total. The van der Waals surface area contributed by atoms with Crippen molar-refractivity contribution in [2.45, 2.75) is 38.6 Å². The second kappa shape index (κ2) is 4.90. The number of benzene rings is 1. The van der Waals surface area contributed by atoms with Crippen LogP contribution in [0.15, 0.2) is 24.3 Å². The summed E-state index contributed by atoms with van der Waals surface area (Å²) >= 11 is 0. The van der Waals surface area contributed by atoms with Crippen LogP contribution in [0.3, 0.4) is 0 Å². The van der Waals surface area contributed by atoms with Gasteiger partial charge in [-0.2, -0.15) is 5.26 Å². The van der Waals surface area contributed by atoms with E-state index in [1.165, 1.54) is 0 Å². The molecular weight excluding hydrogens is 244 g/mol. The summed E-state index contributed by atoms with van der Waals surface area (Å²) in [4.78, 5) is 11.7. The summed E-state index contributed by atoms with van der Waals surface area (Å²) in [6, 6.07) is 8.34. The molecule has 1 aliphatic rings. The molecule has 0 saturated carbocycles. The van der Waals surface area contributed by atoms with Crippen molar-refractivity contribution in [3.05, 3.63) is 29.8 Å². The number of carbonyl (C=O) groups excluding carboxylic acids is 1. The van der Waals surface area contributed by atoms with Crippen LogP contribution in [0.4, 0.5) is 0 Å². The van der Waals surface area contributed by atoms with Gasteiger partial charge in [0.2, 0.25) is 0 Å². The Balaban J connectivity index is 1.86. The Bertz CT molecular complexity index is 511. The molecule has 0 aliphatic carbocycles. The SMILES string of the molecule is CC(C)(C)OC(=O)C1NC1Oc1ccc(C#N)cc1. The molecule has 1 aliphatic heterocycles. The molecule has 1 saturated heterocycles. The molecule has 1 heterocycles. The van der Waals surface area contributed by atoms with Gasteiger partial charge >= 0.3 is 5.97 Å². The Hall–Kier alpha value is -2.06. The van der Waals surface area contributed by atoms with Crippen LogP contribution in [0.2, 0.25) is 0 Å². The molecule has 19 heavy (non-hydrogen) atoms. The lowest BCUT2D eigenvalue weighted by atomic mass is 10.2. The summed E-state index contributed by atoms with van der Waals surface area (Å²) in [6.45, 7) is 5.47. The predicted molar refractivity (Wildman–Crippen MR) is 68.3 cm³/mol. The van der Waals surface area contributed by atoms with Gasteiger partial charge in [0.05, 0.1) is 11.6 Å². The van der Waals surface area contributed by atoms with E-state index >= 15 is 0 Å². The summed E-state index contributed by atoms with van der Waals surface area (Å²) < 4.78 is 10.8. The Kier molecular flexibility index (Phi) is 3.45. The summed E-state index contributed by atoms with van der Waals surface area (Å²) in [5.74, 6) is 0.300. The van der Waals surface area contributed by atoms with Gasteiger partial charge in [-0.1, -0.05) is 0 Å². The zero-order valence-electron chi connectivity index (χ0n) is 11.1. The van der Waals surface area contributed by atoms with Gasteiger partial charge in [0.1, 0.15) is 11.4 Å². The number of hydrogen-bond acceptors (Lipinski definition) is 5. The van der Waals surface area contributed by atoms with E-state index in [0.29, 0.717) is 11.3 Å². The maximum Gasteiger partial charge on any atom is 0.329 e. The maximum atomic E-state index is 11.7. The first-order valence-corrected chi connectivity index (χ1v) is 6.05. The molecule has 0 aromatic heterocycles. The minimum Gasteiger partial charge on any atom is -0.473 e. The van der Waals surface area contributed by atoms with Crippen LogP contribution in [-0.4, -0.2) is 23.8 Å². The van der Waals surface area contributed by atoms with E-state index in [1.807, 2.05) is 26.8 Å². The minimum atomic E-state index is -0.500. The predicted octanol–water partition coefficient (Wildman–Crippen LogP) is 1.58. The number of carbonyl (C=O) groups is 1. The first kappa shape index (κ1) is 13.4. The second-order valence-electron chi connectivity index (χ2n) is 5.35. The van der Waals surface area contributed by atoms with Gasteiger partial charge in [0.25, 0.3) is 0 Å². The smallest absolute Gasteiger partial charge is 0.329 e. The van der Waals surface area contributed by atoms with Gasteiger partial charge in [-0.3, -0.25) is 10.1 Å². The maximum absolute atomic E-state index is 11.7. The highest BCUT2D eigenvalue weighted by Gasteiger charge is 2.47. The average molecular weight is 260 g/mol. The van der Waals surface area contributed by atoms with Crippen molar-refractivity contribution in [2.75, 3.05) is 0 Å². The first-order valence-electron chi connectivity index (χ1n) is 6.05. The van der Waals surface area contributed by atoms with Gasteiger partial charge in [-0.05, 0) is 45.0 Å². The van der Waals surface area contributed by atoms with Gasteiger partial charge in [-0.15, -0.1) is 0 Å². The Morgan fingerprint density at radius 1 is 1.32 bits per heavy atom. The van der Waals surface area contributed by atoms with Gasteiger partial charge < -0.3 is 9.47 Å². The van der Waals surface area contributed by atoms with E-state index in [9.17, 15) is 4.79 Å². The molecule has 0 bridgehead atoms. The van der Waals surface area contributed by atoms with Crippen LogP contribution in [-0.2, 0) is 9.53 Å². The van der Waals surface area contributed by atoms with Crippen LogP contribution in [0, 0.1) is 11.3 Å². The molecule has 1 N–H and O–H groups in total. The topological polar surface area (TPSA) is 81.3 Å². The van der Waals surface area contributed by atoms with E-state index in [0.717, 1.165) is 0 Å². The van der Waals surface area contributed by atoms with E-state index in [2.05, 4.69) is 5.32 Å². The van der Waals surface area contributed by atoms with Crippen LogP contribution < -0.4 is 10.1 Å². The number of esters is 1. The highest BCUT2D eigenvalue weighted by molar-refractivity contribution is 5.80. The van der Waals surface area contributed by atoms with Crippen LogP contribution in [0.1, 0.15) is 26.3 Å². The first-order chi connectivity index (χ1) is 8.89. The number of ether oxygens (including phenoxy) is 2. The van der Waals surface area contributed by atoms with Crippen molar-refractivity contribution in [3.8, 4) is 11.8 Å². The lowest BCUT2D eigenvalue weighted by Crippen LogP contribution is -2.28. The van der Waals surface area contributed by atoms with Crippen molar-refractivity contribution in [3.63, 3.8) is 0 Å². The fourth-order valence-corrected chi connectivity index (χ4v) is 1.54. The van der Waals surface area contributed by atoms with Crippen LogP contribution in [0.5, 0.6) is 5.75 Å². The number of nitriles is 1. The zero-order valence-corrected chi connectivity index (χ0v) is 11.1. The number of nitrogens with zero attached hydrogens (tertiary/aromatic N) is 1. The molecule has 2 atom stereocenters. The summed E-state index contributed by atoms with van der Waals surface area (Å²) in [5.41, 5.74) is 0.0696. The van der Waals surface area contributed by atoms with Crippen molar-refractivity contribution in [1.82, 2.24) is 5.32 Å². The minimum absolute atomic E-state index is 0.314. The highest BCUT2D eigenvalue weighted by Crippen LogP contribution is 2.22. The molecule has 1 aromatic rings. The fraction of sp³-hybridized carbons (Fsp3) is 0.429. The van der Waals surface area contributed by atoms with E-state index in [1.54, 1.807) is 24.3 Å². The summed E-state index contributed by atoms with van der Waals surface area (Å²) in [7, 11) is 0. The molecule has 1 fully saturated rings. The molecule has 0 amide bonds. The normalized spacial score (nSPS) is 21.4. The molecule has 0 spiro atoms. The van der Waals surface area contributed by atoms with Crippen molar-refractivity contribution < 1.29 is 14.3 Å². The fourth-order valence-electron chi connectivity index (χ4n) is 1.54. The third-order valence-corrected chi connectivity index (χ3v) is 2.44. The van der Waals surface area contributed by atoms with Gasteiger partial charge in [-0.25, -0.2) is 0 Å². The third-order valence-electron chi connectivity index (χ3n) is 2.44. The quantitative estimate of drug-likeness (QED) is 0.659. The van der Waals surface area contributed by atoms with Gasteiger partial charge in [0.15, 0.2) is 12.3 Å². The van der Waals surface area contributed by atoms with Crippen molar-refractivity contribution in [2.24, 2.45) is 0 Å². The molecule has 5 heteroatoms. The van der Waals surface area contributed by atoms with Gasteiger partial charge in [0, 0.05) is 0 Å². The standard InChI is InChI=1S/C14H16N2O3/c1-14(2,3)19-13(17)11-12(16-11)18-10-6-4-9(8-15)5-7-10/h4-7,11-12,16H,1-3H3. The zero-order chi connectivity index (χ0) is 14.0. The highest BCUT2D eigenvalue weighted by atomic mass is 16.6. The van der Waals surface area contributed by atoms with E-state index in [-0.39, 0.29) is 12.2 Å². The van der Waals surface area contributed by atoms with Crippen LogP contribution in [0.25, 0.3) is 0 Å². The molecule has 0 radical (unpaired) electrons.